The van der Waals surface area contributed by atoms with Gasteiger partial charge in [-0.1, -0.05) is 63.6 Å². The maximum Gasteiger partial charge on any atom is 0.494 e. The number of halogens is 5. The molecule has 0 spiro atoms. The normalized spacial score (nSPS) is 30.3. The highest BCUT2D eigenvalue weighted by Gasteiger charge is 2.58. The van der Waals surface area contributed by atoms with Crippen LogP contribution in [0.15, 0.2) is 18.2 Å². The number of hydrogen-bond acceptors (Lipinski definition) is 5. The number of benzene rings is 1. The lowest BCUT2D eigenvalue weighted by atomic mass is 9.52. The molecule has 0 radical (unpaired) electrons. The molecule has 1 heterocycles. The Labute approximate surface area is 302 Å². The number of fused-ring (bicyclic) bond motifs is 5. The maximum absolute atomic E-state index is 13.0. The number of unbranched alkanes of at least 4 members (excludes halogenated alkanes) is 6. The van der Waals surface area contributed by atoms with Gasteiger partial charge >= 0.3 is 19.2 Å². The van der Waals surface area contributed by atoms with Gasteiger partial charge in [-0.15, -0.1) is 0 Å². The predicted molar refractivity (Wildman–Crippen MR) is 191 cm³/mol. The number of sulfonamides is 1. The molecule has 0 unspecified atom stereocenters. The Bertz CT molecular complexity index is 1440. The molecule has 2 saturated carbocycles. The van der Waals surface area contributed by atoms with Gasteiger partial charge in [-0.05, 0) is 125 Å². The molecule has 290 valence electrons. The number of hydrogen-bond donors (Lipinski definition) is 2. The summed E-state index contributed by atoms with van der Waals surface area (Å²) in [5.74, 6) is -2.85. The van der Waals surface area contributed by atoms with Crippen LogP contribution in [0.5, 0.6) is 0 Å². The Morgan fingerprint density at radius 3 is 2.16 bits per heavy atom. The van der Waals surface area contributed by atoms with Crippen LogP contribution in [0.25, 0.3) is 0 Å². The summed E-state index contributed by atoms with van der Waals surface area (Å²) in [5.41, 5.74) is 3.16. The molecule has 0 amide bonds. The average Bonchev–Trinajstić information content (AvgIpc) is 3.46. The molecule has 5 rings (SSSR count). The van der Waals surface area contributed by atoms with Crippen molar-refractivity contribution in [1.29, 1.82) is 0 Å². The van der Waals surface area contributed by atoms with Crippen molar-refractivity contribution in [3.05, 3.63) is 29.3 Å². The molecule has 1 aromatic rings. The second-order valence-corrected chi connectivity index (χ2v) is 19.1. The Balaban J connectivity index is 1.09. The summed E-state index contributed by atoms with van der Waals surface area (Å²) in [6.45, 7) is 10.2. The molecule has 1 aromatic carbocycles. The minimum atomic E-state index is -5.63. The zero-order valence-corrected chi connectivity index (χ0v) is 31.9. The smallest absolute Gasteiger partial charge is 0.399 e. The largest absolute Gasteiger partial charge is 0.494 e. The van der Waals surface area contributed by atoms with Crippen molar-refractivity contribution >= 4 is 22.6 Å². The Kier molecular flexibility index (Phi) is 12.4. The molecule has 6 nitrogen and oxygen atoms in total. The summed E-state index contributed by atoms with van der Waals surface area (Å²) in [7, 11) is -4.11. The van der Waals surface area contributed by atoms with Crippen LogP contribution >= 0.6 is 0 Å². The molecule has 1 saturated heterocycles. The summed E-state index contributed by atoms with van der Waals surface area (Å²) >= 11 is 0. The van der Waals surface area contributed by atoms with Gasteiger partial charge in [0.2, 0.25) is 10.0 Å². The fourth-order valence-electron chi connectivity index (χ4n) is 9.52. The van der Waals surface area contributed by atoms with Gasteiger partial charge in [0.05, 0.1) is 23.1 Å². The van der Waals surface area contributed by atoms with E-state index in [4.69, 9.17) is 9.31 Å². The third-order valence-corrected chi connectivity index (χ3v) is 14.8. The van der Waals surface area contributed by atoms with Gasteiger partial charge in [-0.25, -0.2) is 13.1 Å². The quantitative estimate of drug-likeness (QED) is 0.101. The third kappa shape index (κ3) is 9.00. The molecule has 2 N–H and O–H groups in total. The van der Waals surface area contributed by atoms with Crippen molar-refractivity contribution in [2.24, 2.45) is 23.2 Å². The first-order chi connectivity index (χ1) is 23.7. The van der Waals surface area contributed by atoms with Crippen molar-refractivity contribution in [1.82, 2.24) is 4.72 Å². The van der Waals surface area contributed by atoms with Gasteiger partial charge < -0.3 is 14.4 Å². The van der Waals surface area contributed by atoms with Crippen molar-refractivity contribution in [2.45, 2.75) is 166 Å². The van der Waals surface area contributed by atoms with Gasteiger partial charge in [0, 0.05) is 13.0 Å². The zero-order valence-electron chi connectivity index (χ0n) is 31.1. The summed E-state index contributed by atoms with van der Waals surface area (Å²) in [4.78, 5) is 0. The second kappa shape index (κ2) is 15.5. The van der Waals surface area contributed by atoms with E-state index in [1.54, 1.807) is 0 Å². The summed E-state index contributed by atoms with van der Waals surface area (Å²) in [5, 5.41) is 11.1. The van der Waals surface area contributed by atoms with Gasteiger partial charge in [-0.2, -0.15) is 22.0 Å². The molecule has 51 heavy (non-hydrogen) atoms. The summed E-state index contributed by atoms with van der Waals surface area (Å²) in [6, 6.07) is 6.87. The molecule has 0 aromatic heterocycles. The van der Waals surface area contributed by atoms with Crippen LogP contribution < -0.4 is 10.2 Å². The van der Waals surface area contributed by atoms with E-state index in [-0.39, 0.29) is 24.4 Å². The zero-order chi connectivity index (χ0) is 37.5. The van der Waals surface area contributed by atoms with Crippen molar-refractivity contribution in [3.8, 4) is 0 Å². The minimum Gasteiger partial charge on any atom is -0.399 e. The van der Waals surface area contributed by atoms with E-state index < -0.39 is 52.7 Å². The molecular formula is C38H59BF5NO5S. The number of alkyl halides is 5. The van der Waals surface area contributed by atoms with Crippen molar-refractivity contribution < 1.29 is 44.8 Å². The summed E-state index contributed by atoms with van der Waals surface area (Å²) in [6.07, 6.45) is 4.71. The van der Waals surface area contributed by atoms with E-state index in [9.17, 15) is 35.5 Å². The lowest BCUT2D eigenvalue weighted by Crippen LogP contribution is -2.47. The Morgan fingerprint density at radius 2 is 1.51 bits per heavy atom. The third-order valence-electron chi connectivity index (χ3n) is 13.3. The first-order valence-electron chi connectivity index (χ1n) is 19.3. The van der Waals surface area contributed by atoms with E-state index in [1.165, 1.54) is 11.1 Å². The van der Waals surface area contributed by atoms with Gasteiger partial charge in [0.15, 0.2) is 0 Å². The first kappa shape index (κ1) is 40.9. The lowest BCUT2D eigenvalue weighted by molar-refractivity contribution is -0.284. The highest BCUT2D eigenvalue weighted by Crippen LogP contribution is 2.62. The maximum atomic E-state index is 13.0. The van der Waals surface area contributed by atoms with Crippen molar-refractivity contribution in [3.63, 3.8) is 0 Å². The Morgan fingerprint density at radius 1 is 0.882 bits per heavy atom. The van der Waals surface area contributed by atoms with Crippen LogP contribution in [0.2, 0.25) is 0 Å². The van der Waals surface area contributed by atoms with Crippen LogP contribution in [-0.4, -0.2) is 62.3 Å². The monoisotopic (exact) mass is 747 g/mol. The molecule has 3 fully saturated rings. The van der Waals surface area contributed by atoms with Crippen molar-refractivity contribution in [2.75, 3.05) is 12.3 Å². The standard InChI is InChI=1S/C38H59BF5NO5S/c1-34(2)35(3,4)50-39(49-34)28-15-16-29-27(25-28)24-26(33-30(29)19-21-36(5)31(33)17-18-32(36)46)14-11-9-7-6-8-10-12-23-51(47,48)45-22-13-20-37(40,41)38(42,43)44/h15-16,25-26,30-33,45-46H,6-14,17-24H2,1-5H3/t26-,30-,31+,32+,33-,36+/m1/s1. The molecular weight excluding hydrogens is 688 g/mol. The number of aliphatic hydroxyl groups is 1. The van der Waals surface area contributed by atoms with Crippen LogP contribution in [-0.2, 0) is 25.8 Å². The van der Waals surface area contributed by atoms with Crippen LogP contribution in [0, 0.1) is 23.2 Å². The number of nitrogens with one attached hydrogen (secondary N) is 1. The van der Waals surface area contributed by atoms with E-state index >= 15 is 0 Å². The van der Waals surface area contributed by atoms with E-state index in [1.807, 2.05) is 0 Å². The van der Waals surface area contributed by atoms with Gasteiger partial charge in [0.1, 0.15) is 0 Å². The first-order valence-corrected chi connectivity index (χ1v) is 20.9. The highest BCUT2D eigenvalue weighted by molar-refractivity contribution is 7.89. The fourth-order valence-corrected chi connectivity index (χ4v) is 10.7. The van der Waals surface area contributed by atoms with E-state index in [0.717, 1.165) is 76.1 Å². The van der Waals surface area contributed by atoms with E-state index in [2.05, 4.69) is 57.5 Å². The van der Waals surface area contributed by atoms with E-state index in [0.29, 0.717) is 36.5 Å². The average molecular weight is 748 g/mol. The van der Waals surface area contributed by atoms with Gasteiger partial charge in [-0.3, -0.25) is 0 Å². The molecule has 4 aliphatic rings. The van der Waals surface area contributed by atoms with Crippen LogP contribution in [0.1, 0.15) is 142 Å². The second-order valence-electron chi connectivity index (χ2n) is 17.2. The molecule has 1 aliphatic heterocycles. The molecule has 0 bridgehead atoms. The summed E-state index contributed by atoms with van der Waals surface area (Å²) < 4.78 is 102. The molecule has 3 aliphatic carbocycles. The van der Waals surface area contributed by atoms with Gasteiger partial charge in [0.25, 0.3) is 0 Å². The lowest BCUT2D eigenvalue weighted by Gasteiger charge is -2.53. The molecule has 6 atom stereocenters. The topological polar surface area (TPSA) is 84.9 Å². The molecule has 13 heteroatoms. The van der Waals surface area contributed by atoms with Crippen LogP contribution in [0.4, 0.5) is 22.0 Å². The Hall–Kier alpha value is -1.28. The predicted octanol–water partition coefficient (Wildman–Crippen LogP) is 8.45. The SMILES string of the molecule is CC1(C)OB(c2ccc3c(c2)C[C@@H](CCCCCCCCCS(=O)(=O)NCCCC(F)(F)C(F)(F)F)[C@@H]2[C@@H]3CC[C@]3(C)[C@@H](O)CC[C@@H]23)OC1(C)C. The number of aliphatic hydroxyl groups excluding tert-OH is 1. The minimum absolute atomic E-state index is 0.00958. The fraction of sp³-hybridized carbons (Fsp3) is 0.842. The number of rotatable bonds is 16. The van der Waals surface area contributed by atoms with Crippen LogP contribution in [0.3, 0.4) is 0 Å². The highest BCUT2D eigenvalue weighted by atomic mass is 32.2.